The van der Waals surface area contributed by atoms with Gasteiger partial charge in [0.1, 0.15) is 0 Å². The van der Waals surface area contributed by atoms with Gasteiger partial charge in [0, 0.05) is 18.8 Å². The molecule has 0 aromatic heterocycles. The van der Waals surface area contributed by atoms with Crippen molar-refractivity contribution in [3.63, 3.8) is 0 Å². The summed E-state index contributed by atoms with van der Waals surface area (Å²) in [7, 11) is -1.95. The molecule has 0 spiro atoms. The van der Waals surface area contributed by atoms with Gasteiger partial charge in [-0.25, -0.2) is 8.78 Å². The van der Waals surface area contributed by atoms with Crippen LogP contribution in [0.3, 0.4) is 0 Å². The molecule has 1 N–H and O–H groups in total. The van der Waals surface area contributed by atoms with Crippen LogP contribution in [0.2, 0.25) is 18.1 Å². The number of rotatable bonds is 15. The number of hydrogen-bond donors (Lipinski definition) is 1. The third-order valence-corrected chi connectivity index (χ3v) is 12.0. The number of aliphatic hydroxyl groups excluding tert-OH is 1. The maximum absolute atomic E-state index is 14.1. The summed E-state index contributed by atoms with van der Waals surface area (Å²) in [5.41, 5.74) is 0. The second kappa shape index (κ2) is 13.8. The average Bonchev–Trinajstić information content (AvgIpc) is 3.05. The Morgan fingerprint density at radius 1 is 1.20 bits per heavy atom. The van der Waals surface area contributed by atoms with Crippen LogP contribution in [-0.4, -0.2) is 43.6 Å². The molecule has 1 saturated carbocycles. The monoisotopic (exact) mass is 514 g/mol. The van der Waals surface area contributed by atoms with E-state index in [0.29, 0.717) is 38.5 Å². The molecule has 7 heteroatoms. The molecular weight excluding hydrogens is 466 g/mol. The van der Waals surface area contributed by atoms with Crippen molar-refractivity contribution in [3.8, 4) is 0 Å². The minimum Gasteiger partial charge on any atom is -0.452 e. The largest absolute Gasteiger partial charge is 0.452 e. The SMILES string of the molecule is C=CC(OC(=O)CCC/C=C\C[C@@H]1[C@@H](C=C)[C@H](O[Si](C)(C)C(C)(C)C)C[C@@H]1O)C(F)(F)CCCC. The van der Waals surface area contributed by atoms with Crippen LogP contribution in [0.15, 0.2) is 37.5 Å². The van der Waals surface area contributed by atoms with E-state index in [4.69, 9.17) is 9.16 Å². The fraction of sp³-hybridized carbons (Fsp3) is 0.750. The number of esters is 1. The molecule has 0 aliphatic heterocycles. The van der Waals surface area contributed by atoms with Crippen LogP contribution < -0.4 is 0 Å². The van der Waals surface area contributed by atoms with Gasteiger partial charge in [-0.2, -0.15) is 0 Å². The summed E-state index contributed by atoms with van der Waals surface area (Å²) in [6.45, 7) is 20.3. The molecule has 0 saturated heterocycles. The number of carbonyl (C=O) groups excluding carboxylic acids is 1. The summed E-state index contributed by atoms with van der Waals surface area (Å²) in [4.78, 5) is 12.0. The van der Waals surface area contributed by atoms with E-state index in [2.05, 4.69) is 47.0 Å². The molecule has 0 bridgehead atoms. The minimum absolute atomic E-state index is 0.0233. The predicted molar refractivity (Wildman–Crippen MR) is 142 cm³/mol. The molecule has 5 atom stereocenters. The van der Waals surface area contributed by atoms with Crippen molar-refractivity contribution in [2.75, 3.05) is 0 Å². The molecule has 35 heavy (non-hydrogen) atoms. The topological polar surface area (TPSA) is 55.8 Å². The highest BCUT2D eigenvalue weighted by Gasteiger charge is 2.46. The number of alkyl halides is 2. The summed E-state index contributed by atoms with van der Waals surface area (Å²) < 4.78 is 39.9. The summed E-state index contributed by atoms with van der Waals surface area (Å²) in [6.07, 6.45) is 8.08. The molecule has 0 radical (unpaired) electrons. The normalized spacial score (nSPS) is 24.5. The predicted octanol–water partition coefficient (Wildman–Crippen LogP) is 7.60. The number of hydrogen-bond acceptors (Lipinski definition) is 4. The third kappa shape index (κ3) is 9.58. The van der Waals surface area contributed by atoms with Crippen LogP contribution in [0.25, 0.3) is 0 Å². The van der Waals surface area contributed by atoms with Gasteiger partial charge in [-0.3, -0.25) is 4.79 Å². The first kappa shape index (κ1) is 31.7. The van der Waals surface area contributed by atoms with Gasteiger partial charge in [0.05, 0.1) is 12.2 Å². The minimum atomic E-state index is -3.09. The number of halogens is 2. The molecule has 0 amide bonds. The van der Waals surface area contributed by atoms with E-state index < -0.39 is 32.4 Å². The van der Waals surface area contributed by atoms with Crippen LogP contribution >= 0.6 is 0 Å². The van der Waals surface area contributed by atoms with Gasteiger partial charge in [0.15, 0.2) is 14.4 Å². The molecular formula is C28H48F2O4Si. The Morgan fingerprint density at radius 2 is 1.86 bits per heavy atom. The van der Waals surface area contributed by atoms with Crippen LogP contribution in [-0.2, 0) is 14.0 Å². The van der Waals surface area contributed by atoms with Crippen molar-refractivity contribution < 1.29 is 27.8 Å². The highest BCUT2D eigenvalue weighted by atomic mass is 28.4. The smallest absolute Gasteiger partial charge is 0.306 e. The molecule has 1 rings (SSSR count). The lowest BCUT2D eigenvalue weighted by Crippen LogP contribution is -2.44. The average molecular weight is 515 g/mol. The van der Waals surface area contributed by atoms with Gasteiger partial charge >= 0.3 is 5.97 Å². The summed E-state index contributed by atoms with van der Waals surface area (Å²) in [5.74, 6) is -3.60. The van der Waals surface area contributed by atoms with Crippen molar-refractivity contribution in [2.24, 2.45) is 11.8 Å². The lowest BCUT2D eigenvalue weighted by atomic mass is 9.90. The van der Waals surface area contributed by atoms with E-state index in [0.717, 1.165) is 6.08 Å². The van der Waals surface area contributed by atoms with Gasteiger partial charge in [-0.05, 0) is 62.2 Å². The lowest BCUT2D eigenvalue weighted by molar-refractivity contribution is -0.167. The fourth-order valence-electron chi connectivity index (χ4n) is 4.22. The quantitative estimate of drug-likeness (QED) is 0.106. The van der Waals surface area contributed by atoms with E-state index in [-0.39, 0.29) is 35.8 Å². The van der Waals surface area contributed by atoms with E-state index in [1.165, 1.54) is 0 Å². The summed E-state index contributed by atoms with van der Waals surface area (Å²) in [6, 6.07) is 0. The van der Waals surface area contributed by atoms with Gasteiger partial charge in [0.25, 0.3) is 5.92 Å². The van der Waals surface area contributed by atoms with Gasteiger partial charge in [-0.1, -0.05) is 58.9 Å². The number of allylic oxidation sites excluding steroid dienone is 2. The molecule has 1 unspecified atom stereocenters. The second-order valence-corrected chi connectivity index (χ2v) is 16.1. The highest BCUT2D eigenvalue weighted by Crippen LogP contribution is 2.44. The van der Waals surface area contributed by atoms with E-state index in [1.807, 2.05) is 25.2 Å². The Kier molecular flexibility index (Phi) is 12.5. The second-order valence-electron chi connectivity index (χ2n) is 11.3. The molecule has 1 aliphatic rings. The van der Waals surface area contributed by atoms with Gasteiger partial charge in [-0.15, -0.1) is 6.58 Å². The highest BCUT2D eigenvalue weighted by molar-refractivity contribution is 6.74. The molecule has 0 aromatic carbocycles. The maximum atomic E-state index is 14.1. The van der Waals surface area contributed by atoms with Gasteiger partial charge in [0.2, 0.25) is 0 Å². The fourth-order valence-corrected chi connectivity index (χ4v) is 5.59. The van der Waals surface area contributed by atoms with Crippen molar-refractivity contribution in [1.82, 2.24) is 0 Å². The van der Waals surface area contributed by atoms with Crippen molar-refractivity contribution in [1.29, 1.82) is 0 Å². The first-order valence-electron chi connectivity index (χ1n) is 13.0. The van der Waals surface area contributed by atoms with Gasteiger partial charge < -0.3 is 14.3 Å². The van der Waals surface area contributed by atoms with E-state index in [9.17, 15) is 18.7 Å². The Balaban J connectivity index is 2.51. The van der Waals surface area contributed by atoms with E-state index in [1.54, 1.807) is 0 Å². The van der Waals surface area contributed by atoms with Crippen LogP contribution in [0.4, 0.5) is 8.78 Å². The van der Waals surface area contributed by atoms with Crippen LogP contribution in [0, 0.1) is 11.8 Å². The first-order valence-corrected chi connectivity index (χ1v) is 15.9. The molecule has 1 aliphatic carbocycles. The Labute approximate surface area is 213 Å². The van der Waals surface area contributed by atoms with Crippen molar-refractivity contribution >= 4 is 14.3 Å². The number of unbranched alkanes of at least 4 members (excludes halogenated alkanes) is 2. The molecule has 0 aromatic rings. The third-order valence-electron chi connectivity index (χ3n) is 7.50. The number of carbonyl (C=O) groups is 1. The Morgan fingerprint density at radius 3 is 2.40 bits per heavy atom. The van der Waals surface area contributed by atoms with E-state index >= 15 is 0 Å². The zero-order valence-electron chi connectivity index (χ0n) is 22.7. The Hall–Kier alpha value is -1.31. The van der Waals surface area contributed by atoms with Crippen LogP contribution in [0.1, 0.15) is 79.1 Å². The Bertz CT molecular complexity index is 714. The maximum Gasteiger partial charge on any atom is 0.306 e. The zero-order valence-corrected chi connectivity index (χ0v) is 23.7. The van der Waals surface area contributed by atoms with Crippen molar-refractivity contribution in [3.05, 3.63) is 37.5 Å². The molecule has 0 heterocycles. The van der Waals surface area contributed by atoms with Crippen molar-refractivity contribution in [2.45, 2.75) is 121 Å². The summed E-state index contributed by atoms with van der Waals surface area (Å²) >= 11 is 0. The molecule has 202 valence electrons. The number of aliphatic hydroxyl groups is 1. The summed E-state index contributed by atoms with van der Waals surface area (Å²) in [5, 5.41) is 10.8. The standard InChI is InChI=1S/C28H48F2O4Si/c1-9-12-19-28(29,30)25(11-3)33-26(32)18-16-14-13-15-17-22-21(10-2)24(20-23(22)31)34-35(7,8)27(4,5)6/h10-11,13,15,21-25,31H,2-3,9,12,14,16-20H2,1,4-8H3/b15-13-/t21-,22-,23+,24-,25?/m1/s1. The zero-order chi connectivity index (χ0) is 26.9. The molecule has 1 fully saturated rings. The first-order chi connectivity index (χ1) is 16.2. The lowest BCUT2D eigenvalue weighted by Gasteiger charge is -2.39. The van der Waals surface area contributed by atoms with Crippen LogP contribution in [0.5, 0.6) is 0 Å². The number of ether oxygens (including phenoxy) is 1. The molecule has 4 nitrogen and oxygen atoms in total.